The zero-order valence-electron chi connectivity index (χ0n) is 10.7. The van der Waals surface area contributed by atoms with Gasteiger partial charge in [-0.05, 0) is 49.1 Å². The molecule has 2 N–H and O–H groups in total. The van der Waals surface area contributed by atoms with E-state index in [1.54, 1.807) is 0 Å². The van der Waals surface area contributed by atoms with E-state index in [1.807, 2.05) is 18.2 Å². The smallest absolute Gasteiger partial charge is 0.0452 e. The second-order valence-corrected chi connectivity index (χ2v) is 5.97. The van der Waals surface area contributed by atoms with Crippen molar-refractivity contribution in [3.05, 3.63) is 33.8 Å². The monoisotopic (exact) mass is 286 g/mol. The molecule has 1 heterocycles. The summed E-state index contributed by atoms with van der Waals surface area (Å²) in [6.45, 7) is 4.92. The molecule has 0 radical (unpaired) electrons. The van der Waals surface area contributed by atoms with E-state index in [2.05, 4.69) is 11.8 Å². The molecule has 2 rings (SSSR count). The molecule has 0 aliphatic carbocycles. The summed E-state index contributed by atoms with van der Waals surface area (Å²) in [5.41, 5.74) is 7.00. The van der Waals surface area contributed by atoms with Crippen LogP contribution in [0.25, 0.3) is 0 Å². The van der Waals surface area contributed by atoms with Crippen LogP contribution in [0.5, 0.6) is 0 Å². The summed E-state index contributed by atoms with van der Waals surface area (Å²) in [4.78, 5) is 2.44. The minimum absolute atomic E-state index is 0.453. The van der Waals surface area contributed by atoms with Crippen molar-refractivity contribution in [2.45, 2.75) is 32.4 Å². The van der Waals surface area contributed by atoms with Crippen LogP contribution in [0.15, 0.2) is 18.2 Å². The minimum atomic E-state index is 0.453. The van der Waals surface area contributed by atoms with Gasteiger partial charge in [-0.25, -0.2) is 0 Å². The molecule has 1 aromatic rings. The van der Waals surface area contributed by atoms with E-state index in [9.17, 15) is 0 Å². The van der Waals surface area contributed by atoms with Crippen molar-refractivity contribution in [3.8, 4) is 0 Å². The van der Waals surface area contributed by atoms with Gasteiger partial charge < -0.3 is 5.73 Å². The number of nitrogens with zero attached hydrogens (tertiary/aromatic N) is 1. The zero-order valence-corrected chi connectivity index (χ0v) is 12.2. The van der Waals surface area contributed by atoms with Crippen molar-refractivity contribution in [1.29, 1.82) is 0 Å². The normalized spacial score (nSPS) is 25.3. The van der Waals surface area contributed by atoms with Crippen LogP contribution in [0.1, 0.15) is 25.3 Å². The van der Waals surface area contributed by atoms with E-state index in [-0.39, 0.29) is 0 Å². The second kappa shape index (κ2) is 6.25. The number of halogens is 2. The molecular formula is C14H20Cl2N2. The average Bonchev–Trinajstić information content (AvgIpc) is 2.34. The maximum Gasteiger partial charge on any atom is 0.0452 e. The van der Waals surface area contributed by atoms with Crippen molar-refractivity contribution in [2.75, 3.05) is 13.1 Å². The third-order valence-electron chi connectivity index (χ3n) is 3.85. The van der Waals surface area contributed by atoms with Crippen molar-refractivity contribution in [1.82, 2.24) is 4.90 Å². The van der Waals surface area contributed by atoms with E-state index in [1.165, 1.54) is 12.8 Å². The van der Waals surface area contributed by atoms with E-state index in [0.717, 1.165) is 28.7 Å². The van der Waals surface area contributed by atoms with Gasteiger partial charge in [-0.15, -0.1) is 0 Å². The van der Waals surface area contributed by atoms with Crippen LogP contribution in [0.2, 0.25) is 10.0 Å². The lowest BCUT2D eigenvalue weighted by molar-refractivity contribution is 0.0991. The molecule has 0 aromatic heterocycles. The Kier molecular flexibility index (Phi) is 4.91. The Morgan fingerprint density at radius 1 is 1.39 bits per heavy atom. The first-order chi connectivity index (χ1) is 8.61. The van der Waals surface area contributed by atoms with E-state index >= 15 is 0 Å². The lowest BCUT2D eigenvalue weighted by Crippen LogP contribution is -2.48. The standard InChI is InChI=1S/C14H20Cl2N2/c1-10-3-2-6-18(14(10)8-17)9-11-7-12(15)4-5-13(11)16/h4-5,7,10,14H,2-3,6,8-9,17H2,1H3. The van der Waals surface area contributed by atoms with Gasteiger partial charge in [0.05, 0.1) is 0 Å². The largest absolute Gasteiger partial charge is 0.329 e. The molecule has 1 saturated heterocycles. The third-order valence-corrected chi connectivity index (χ3v) is 4.46. The van der Waals surface area contributed by atoms with Gasteiger partial charge >= 0.3 is 0 Å². The highest BCUT2D eigenvalue weighted by Gasteiger charge is 2.27. The molecule has 1 aliphatic heterocycles. The topological polar surface area (TPSA) is 29.3 Å². The number of hydrogen-bond donors (Lipinski definition) is 1. The number of piperidine rings is 1. The molecule has 4 heteroatoms. The van der Waals surface area contributed by atoms with Crippen molar-refractivity contribution >= 4 is 23.2 Å². The Morgan fingerprint density at radius 2 is 2.17 bits per heavy atom. The first kappa shape index (κ1) is 14.1. The molecule has 0 spiro atoms. The quantitative estimate of drug-likeness (QED) is 0.921. The summed E-state index contributed by atoms with van der Waals surface area (Å²) < 4.78 is 0. The van der Waals surface area contributed by atoms with Crippen LogP contribution in [0.4, 0.5) is 0 Å². The number of rotatable bonds is 3. The minimum Gasteiger partial charge on any atom is -0.329 e. The van der Waals surface area contributed by atoms with Gasteiger partial charge in [0.1, 0.15) is 0 Å². The van der Waals surface area contributed by atoms with Gasteiger partial charge in [0.2, 0.25) is 0 Å². The van der Waals surface area contributed by atoms with Gasteiger partial charge in [0.25, 0.3) is 0 Å². The molecule has 18 heavy (non-hydrogen) atoms. The van der Waals surface area contributed by atoms with E-state index in [4.69, 9.17) is 28.9 Å². The summed E-state index contributed by atoms with van der Waals surface area (Å²) in [6, 6.07) is 6.10. The molecule has 2 unspecified atom stereocenters. The van der Waals surface area contributed by atoms with Gasteiger partial charge in [-0.2, -0.15) is 0 Å². The van der Waals surface area contributed by atoms with Crippen LogP contribution >= 0.6 is 23.2 Å². The second-order valence-electron chi connectivity index (χ2n) is 5.13. The fraction of sp³-hybridized carbons (Fsp3) is 0.571. The number of hydrogen-bond acceptors (Lipinski definition) is 2. The Hall–Kier alpha value is -0.280. The Balaban J connectivity index is 2.14. The molecule has 0 saturated carbocycles. The number of nitrogens with two attached hydrogens (primary N) is 1. The summed E-state index contributed by atoms with van der Waals surface area (Å²) >= 11 is 12.3. The Morgan fingerprint density at radius 3 is 2.89 bits per heavy atom. The molecule has 1 aromatic carbocycles. The van der Waals surface area contributed by atoms with Crippen LogP contribution in [-0.4, -0.2) is 24.0 Å². The van der Waals surface area contributed by atoms with Gasteiger partial charge in [0, 0.05) is 29.2 Å². The van der Waals surface area contributed by atoms with Crippen LogP contribution < -0.4 is 5.73 Å². The highest BCUT2D eigenvalue weighted by molar-refractivity contribution is 6.33. The molecule has 0 amide bonds. The first-order valence-electron chi connectivity index (χ1n) is 6.50. The zero-order chi connectivity index (χ0) is 13.1. The number of benzene rings is 1. The molecule has 1 fully saturated rings. The molecule has 2 nitrogen and oxygen atoms in total. The molecule has 2 atom stereocenters. The molecule has 0 bridgehead atoms. The fourth-order valence-corrected chi connectivity index (χ4v) is 3.17. The van der Waals surface area contributed by atoms with Crippen molar-refractivity contribution < 1.29 is 0 Å². The van der Waals surface area contributed by atoms with E-state index in [0.29, 0.717) is 18.5 Å². The van der Waals surface area contributed by atoms with Gasteiger partial charge in [0.15, 0.2) is 0 Å². The van der Waals surface area contributed by atoms with Gasteiger partial charge in [-0.3, -0.25) is 4.90 Å². The Labute approximate surface area is 119 Å². The van der Waals surface area contributed by atoms with Crippen LogP contribution in [0, 0.1) is 5.92 Å². The third kappa shape index (κ3) is 3.18. The SMILES string of the molecule is CC1CCCN(Cc2cc(Cl)ccc2Cl)C1CN. The van der Waals surface area contributed by atoms with Gasteiger partial charge in [-0.1, -0.05) is 30.1 Å². The van der Waals surface area contributed by atoms with Crippen molar-refractivity contribution in [2.24, 2.45) is 11.7 Å². The highest BCUT2D eigenvalue weighted by Crippen LogP contribution is 2.27. The summed E-state index contributed by atoms with van der Waals surface area (Å²) in [6.07, 6.45) is 2.50. The van der Waals surface area contributed by atoms with Crippen LogP contribution in [-0.2, 0) is 6.54 Å². The Bertz CT molecular complexity index is 409. The first-order valence-corrected chi connectivity index (χ1v) is 7.25. The summed E-state index contributed by atoms with van der Waals surface area (Å²) in [5, 5.41) is 1.53. The molecule has 100 valence electrons. The maximum absolute atomic E-state index is 6.23. The highest BCUT2D eigenvalue weighted by atomic mass is 35.5. The van der Waals surface area contributed by atoms with E-state index < -0.39 is 0 Å². The predicted octanol–water partition coefficient (Wildman–Crippen LogP) is 3.55. The number of likely N-dealkylation sites (tertiary alicyclic amines) is 1. The summed E-state index contributed by atoms with van der Waals surface area (Å²) in [5.74, 6) is 0.654. The average molecular weight is 287 g/mol. The van der Waals surface area contributed by atoms with Crippen molar-refractivity contribution in [3.63, 3.8) is 0 Å². The lowest BCUT2D eigenvalue weighted by atomic mass is 9.90. The molecule has 1 aliphatic rings. The fourth-order valence-electron chi connectivity index (χ4n) is 2.80. The van der Waals surface area contributed by atoms with Crippen LogP contribution in [0.3, 0.4) is 0 Å². The maximum atomic E-state index is 6.23. The molecular weight excluding hydrogens is 267 g/mol. The summed E-state index contributed by atoms with van der Waals surface area (Å²) in [7, 11) is 0. The predicted molar refractivity (Wildman–Crippen MR) is 78.1 cm³/mol. The lowest BCUT2D eigenvalue weighted by Gasteiger charge is -2.39.